The summed E-state index contributed by atoms with van der Waals surface area (Å²) >= 11 is 2.80. The van der Waals surface area contributed by atoms with Crippen LogP contribution in [0.5, 0.6) is 11.5 Å². The minimum atomic E-state index is -0.381. The number of aromatic nitrogens is 1. The predicted octanol–water partition coefficient (Wildman–Crippen LogP) is 5.66. The van der Waals surface area contributed by atoms with E-state index in [2.05, 4.69) is 16.4 Å². The molecule has 7 nitrogen and oxygen atoms in total. The molecule has 3 aromatic rings. The number of allylic oxidation sites excluding steroid dienone is 1. The van der Waals surface area contributed by atoms with Gasteiger partial charge in [0.05, 0.1) is 32.1 Å². The van der Waals surface area contributed by atoms with Crippen molar-refractivity contribution in [2.75, 3.05) is 26.1 Å². The van der Waals surface area contributed by atoms with Crippen molar-refractivity contribution in [3.8, 4) is 28.8 Å². The van der Waals surface area contributed by atoms with Gasteiger partial charge in [0.25, 0.3) is 0 Å². The SMILES string of the molecule is CCOC(=O)c1c(NC=C(C#N)c2nc(-c3ccc(OC)c(OC)c3)cs2)sc(C)c1C. The van der Waals surface area contributed by atoms with Gasteiger partial charge in [0.2, 0.25) is 0 Å². The third kappa shape index (κ3) is 4.77. The van der Waals surface area contributed by atoms with E-state index in [1.165, 1.54) is 22.7 Å². The number of hydrogen-bond acceptors (Lipinski definition) is 9. The van der Waals surface area contributed by atoms with Crippen molar-refractivity contribution >= 4 is 39.2 Å². The fraction of sp³-hybridized carbons (Fsp3) is 0.261. The summed E-state index contributed by atoms with van der Waals surface area (Å²) in [5.41, 5.74) is 3.30. The Balaban J connectivity index is 1.88. The fourth-order valence-corrected chi connectivity index (χ4v) is 4.80. The van der Waals surface area contributed by atoms with Gasteiger partial charge < -0.3 is 19.5 Å². The van der Waals surface area contributed by atoms with Crippen LogP contribution in [0.1, 0.15) is 32.7 Å². The van der Waals surface area contributed by atoms with Crippen molar-refractivity contribution in [1.29, 1.82) is 5.26 Å². The Labute approximate surface area is 194 Å². The van der Waals surface area contributed by atoms with Crippen LogP contribution >= 0.6 is 22.7 Å². The molecule has 0 fully saturated rings. The van der Waals surface area contributed by atoms with E-state index in [1.807, 2.05) is 37.4 Å². The third-order valence-corrected chi connectivity index (χ3v) is 6.76. The maximum absolute atomic E-state index is 12.4. The van der Waals surface area contributed by atoms with E-state index < -0.39 is 0 Å². The van der Waals surface area contributed by atoms with Crippen molar-refractivity contribution < 1.29 is 19.0 Å². The standard InChI is InChI=1S/C23H23N3O4S2/c1-6-30-23(27)20-13(2)14(3)32-22(20)25-11-16(10-24)21-26-17(12-31-21)15-7-8-18(28-4)19(9-15)29-5/h7-9,11-12,25H,6H2,1-5H3. The molecule has 166 valence electrons. The van der Waals surface area contributed by atoms with Crippen LogP contribution in [0.4, 0.5) is 5.00 Å². The zero-order valence-electron chi connectivity index (χ0n) is 18.4. The Kier molecular flexibility index (Phi) is 7.51. The smallest absolute Gasteiger partial charge is 0.341 e. The normalized spacial score (nSPS) is 11.1. The van der Waals surface area contributed by atoms with Gasteiger partial charge in [-0.05, 0) is 44.5 Å². The number of nitrogens with zero attached hydrogens (tertiary/aromatic N) is 2. The molecule has 1 N–H and O–H groups in total. The summed E-state index contributed by atoms with van der Waals surface area (Å²) < 4.78 is 15.8. The van der Waals surface area contributed by atoms with Crippen LogP contribution in [0.15, 0.2) is 29.8 Å². The van der Waals surface area contributed by atoms with Crippen LogP contribution in [0, 0.1) is 25.2 Å². The van der Waals surface area contributed by atoms with E-state index in [-0.39, 0.29) is 5.97 Å². The second-order valence-electron chi connectivity index (χ2n) is 6.63. The average molecular weight is 470 g/mol. The maximum Gasteiger partial charge on any atom is 0.341 e. The minimum absolute atomic E-state index is 0.296. The van der Waals surface area contributed by atoms with E-state index in [4.69, 9.17) is 14.2 Å². The summed E-state index contributed by atoms with van der Waals surface area (Å²) in [7, 11) is 3.16. The van der Waals surface area contributed by atoms with Crippen LogP contribution in [0.25, 0.3) is 16.8 Å². The summed E-state index contributed by atoms with van der Waals surface area (Å²) in [4.78, 5) is 18.0. The topological polar surface area (TPSA) is 93.5 Å². The van der Waals surface area contributed by atoms with Gasteiger partial charge in [0, 0.05) is 22.0 Å². The number of carbonyl (C=O) groups is 1. The van der Waals surface area contributed by atoms with E-state index in [1.54, 1.807) is 27.3 Å². The summed E-state index contributed by atoms with van der Waals surface area (Å²) in [6, 6.07) is 7.72. The zero-order chi connectivity index (χ0) is 23.3. The molecule has 0 aliphatic rings. The lowest BCUT2D eigenvalue weighted by molar-refractivity contribution is 0.0527. The van der Waals surface area contributed by atoms with Crippen LogP contribution in [-0.2, 0) is 4.74 Å². The molecule has 9 heteroatoms. The number of methoxy groups -OCH3 is 2. The highest BCUT2D eigenvalue weighted by molar-refractivity contribution is 7.16. The number of thiophene rings is 1. The Morgan fingerprint density at radius 3 is 2.66 bits per heavy atom. The number of anilines is 1. The van der Waals surface area contributed by atoms with Crippen molar-refractivity contribution in [1.82, 2.24) is 4.98 Å². The van der Waals surface area contributed by atoms with E-state index in [0.29, 0.717) is 39.3 Å². The van der Waals surface area contributed by atoms with Gasteiger partial charge in [-0.25, -0.2) is 9.78 Å². The van der Waals surface area contributed by atoms with Crippen LogP contribution in [0.2, 0.25) is 0 Å². The molecular formula is C23H23N3O4S2. The Hall–Kier alpha value is -3.35. The molecule has 0 saturated carbocycles. The van der Waals surface area contributed by atoms with Gasteiger partial charge in [-0.2, -0.15) is 5.26 Å². The van der Waals surface area contributed by atoms with Crippen molar-refractivity contribution in [3.05, 3.63) is 50.8 Å². The molecule has 0 amide bonds. The van der Waals surface area contributed by atoms with E-state index in [0.717, 1.165) is 21.7 Å². The lowest BCUT2D eigenvalue weighted by Crippen LogP contribution is -2.07. The first-order chi connectivity index (χ1) is 15.4. The van der Waals surface area contributed by atoms with Crippen molar-refractivity contribution in [3.63, 3.8) is 0 Å². The summed E-state index contributed by atoms with van der Waals surface area (Å²) in [6.45, 7) is 5.89. The number of rotatable bonds is 8. The van der Waals surface area contributed by atoms with Crippen LogP contribution in [0.3, 0.4) is 0 Å². The van der Waals surface area contributed by atoms with Gasteiger partial charge in [0.1, 0.15) is 21.7 Å². The highest BCUT2D eigenvalue weighted by atomic mass is 32.1. The van der Waals surface area contributed by atoms with E-state index in [9.17, 15) is 10.1 Å². The monoisotopic (exact) mass is 469 g/mol. The Morgan fingerprint density at radius 1 is 1.25 bits per heavy atom. The third-order valence-electron chi connectivity index (χ3n) is 4.75. The number of benzene rings is 1. The molecule has 32 heavy (non-hydrogen) atoms. The molecule has 1 aromatic carbocycles. The number of thiazole rings is 1. The average Bonchev–Trinajstić information content (AvgIpc) is 3.39. The number of carbonyl (C=O) groups excluding carboxylic acids is 1. The molecule has 0 aliphatic heterocycles. The zero-order valence-corrected chi connectivity index (χ0v) is 20.1. The Morgan fingerprint density at radius 2 is 2.00 bits per heavy atom. The molecule has 0 unspecified atom stereocenters. The molecule has 0 saturated heterocycles. The molecule has 0 spiro atoms. The largest absolute Gasteiger partial charge is 0.493 e. The number of esters is 1. The van der Waals surface area contributed by atoms with Crippen molar-refractivity contribution in [2.45, 2.75) is 20.8 Å². The fourth-order valence-electron chi connectivity index (χ4n) is 2.98. The number of hydrogen-bond donors (Lipinski definition) is 1. The molecule has 0 radical (unpaired) electrons. The Bertz CT molecular complexity index is 1200. The molecule has 0 atom stereocenters. The number of nitriles is 1. The second-order valence-corrected chi connectivity index (χ2v) is 8.71. The highest BCUT2D eigenvalue weighted by Crippen LogP contribution is 2.35. The predicted molar refractivity (Wildman–Crippen MR) is 128 cm³/mol. The molecule has 0 aliphatic carbocycles. The highest BCUT2D eigenvalue weighted by Gasteiger charge is 2.20. The van der Waals surface area contributed by atoms with Gasteiger partial charge in [0.15, 0.2) is 11.5 Å². The lowest BCUT2D eigenvalue weighted by atomic mass is 10.1. The van der Waals surface area contributed by atoms with E-state index >= 15 is 0 Å². The van der Waals surface area contributed by atoms with Crippen LogP contribution < -0.4 is 14.8 Å². The molecule has 2 aromatic heterocycles. The summed E-state index contributed by atoms with van der Waals surface area (Å²) in [6.07, 6.45) is 1.57. The molecule has 2 heterocycles. The van der Waals surface area contributed by atoms with Crippen molar-refractivity contribution in [2.24, 2.45) is 0 Å². The van der Waals surface area contributed by atoms with Crippen LogP contribution in [-0.4, -0.2) is 31.8 Å². The summed E-state index contributed by atoms with van der Waals surface area (Å²) in [5.74, 6) is 0.855. The first-order valence-electron chi connectivity index (χ1n) is 9.75. The second kappa shape index (κ2) is 10.3. The minimum Gasteiger partial charge on any atom is -0.493 e. The molecule has 3 rings (SSSR count). The maximum atomic E-state index is 12.4. The first kappa shape index (κ1) is 23.3. The van der Waals surface area contributed by atoms with Gasteiger partial charge >= 0.3 is 5.97 Å². The molecule has 0 bridgehead atoms. The van der Waals surface area contributed by atoms with Gasteiger partial charge in [-0.15, -0.1) is 22.7 Å². The number of ether oxygens (including phenoxy) is 3. The first-order valence-corrected chi connectivity index (χ1v) is 11.4. The number of aryl methyl sites for hydroxylation is 1. The number of nitrogens with one attached hydrogen (secondary N) is 1. The quantitative estimate of drug-likeness (QED) is 0.336. The molecular weight excluding hydrogens is 446 g/mol. The lowest BCUT2D eigenvalue weighted by Gasteiger charge is -2.08. The summed E-state index contributed by atoms with van der Waals surface area (Å²) in [5, 5.41) is 15.9. The van der Waals surface area contributed by atoms with Gasteiger partial charge in [-0.1, -0.05) is 0 Å². The van der Waals surface area contributed by atoms with Gasteiger partial charge in [-0.3, -0.25) is 0 Å².